The summed E-state index contributed by atoms with van der Waals surface area (Å²) in [5.74, 6) is -0.122. The van der Waals surface area contributed by atoms with Gasteiger partial charge in [-0.25, -0.2) is 4.79 Å². The molecule has 1 saturated heterocycles. The van der Waals surface area contributed by atoms with Gasteiger partial charge in [0.25, 0.3) is 11.5 Å². The highest BCUT2D eigenvalue weighted by Gasteiger charge is 2.28. The number of nitrogens with zero attached hydrogens (tertiary/aromatic N) is 3. The van der Waals surface area contributed by atoms with Crippen LogP contribution in [0.15, 0.2) is 15.7 Å². The average Bonchev–Trinajstić information content (AvgIpc) is 2.94. The highest BCUT2D eigenvalue weighted by molar-refractivity contribution is 7.20. The second-order valence-electron chi connectivity index (χ2n) is 6.00. The van der Waals surface area contributed by atoms with Crippen molar-refractivity contribution >= 4 is 27.5 Å². The molecule has 0 bridgehead atoms. The maximum atomic E-state index is 12.7. The molecule has 0 aliphatic carbocycles. The van der Waals surface area contributed by atoms with E-state index in [1.807, 2.05) is 13.8 Å². The fraction of sp³-hybridized carbons (Fsp3) is 0.533. The first-order chi connectivity index (χ1) is 10.8. The lowest BCUT2D eigenvalue weighted by atomic mass is 10.2. The van der Waals surface area contributed by atoms with Gasteiger partial charge in [-0.05, 0) is 19.9 Å². The second kappa shape index (κ2) is 5.61. The number of carbonyl (C=O) groups excluding carboxylic acids is 1. The SMILES string of the molecule is CC1CN(C(=O)c2cc3c(=O)n(C)c(=O)n(C)c3s2)CC(C)O1. The van der Waals surface area contributed by atoms with Gasteiger partial charge in [-0.2, -0.15) is 0 Å². The molecular weight excluding hydrogens is 318 g/mol. The van der Waals surface area contributed by atoms with Gasteiger partial charge in [0.15, 0.2) is 0 Å². The third-order valence-electron chi connectivity index (χ3n) is 4.04. The fourth-order valence-corrected chi connectivity index (χ4v) is 4.04. The molecular formula is C15H19N3O4S. The summed E-state index contributed by atoms with van der Waals surface area (Å²) in [5, 5.41) is 0.400. The lowest BCUT2D eigenvalue weighted by Crippen LogP contribution is -2.48. The molecule has 0 spiro atoms. The summed E-state index contributed by atoms with van der Waals surface area (Å²) in [6.45, 7) is 4.91. The molecule has 1 amide bonds. The summed E-state index contributed by atoms with van der Waals surface area (Å²) in [7, 11) is 3.04. The molecule has 0 saturated carbocycles. The first-order valence-electron chi connectivity index (χ1n) is 7.44. The largest absolute Gasteiger partial charge is 0.372 e. The zero-order chi connectivity index (χ0) is 16.9. The van der Waals surface area contributed by atoms with Crippen LogP contribution in [0, 0.1) is 0 Å². The quantitative estimate of drug-likeness (QED) is 0.762. The van der Waals surface area contributed by atoms with E-state index in [1.54, 1.807) is 18.0 Å². The number of thiophene rings is 1. The van der Waals surface area contributed by atoms with Gasteiger partial charge in [0.2, 0.25) is 0 Å². The summed E-state index contributed by atoms with van der Waals surface area (Å²) in [6, 6.07) is 1.59. The molecule has 1 aliphatic rings. The maximum Gasteiger partial charge on any atom is 0.331 e. The van der Waals surface area contributed by atoms with Crippen LogP contribution in [0.5, 0.6) is 0 Å². The van der Waals surface area contributed by atoms with Crippen LogP contribution in [-0.2, 0) is 18.8 Å². The molecule has 0 aromatic carbocycles. The number of fused-ring (bicyclic) bond motifs is 1. The molecule has 1 fully saturated rings. The molecule has 3 heterocycles. The van der Waals surface area contributed by atoms with Crippen LogP contribution in [0.2, 0.25) is 0 Å². The van der Waals surface area contributed by atoms with Gasteiger partial charge in [-0.3, -0.25) is 18.7 Å². The van der Waals surface area contributed by atoms with Crippen molar-refractivity contribution in [3.05, 3.63) is 31.8 Å². The first kappa shape index (κ1) is 15.9. The van der Waals surface area contributed by atoms with Crippen molar-refractivity contribution in [2.75, 3.05) is 13.1 Å². The smallest absolute Gasteiger partial charge is 0.331 e. The Balaban J connectivity index is 2.06. The highest BCUT2D eigenvalue weighted by atomic mass is 32.1. The van der Waals surface area contributed by atoms with Crippen molar-refractivity contribution in [2.45, 2.75) is 26.1 Å². The standard InChI is InChI=1S/C15H19N3O4S/c1-8-6-18(7-9(2)22-8)13(20)11-5-10-12(19)16(3)15(21)17(4)14(10)23-11/h5,8-9H,6-7H2,1-4H3. The van der Waals surface area contributed by atoms with Gasteiger partial charge in [0, 0.05) is 27.2 Å². The fourth-order valence-electron chi connectivity index (χ4n) is 2.97. The summed E-state index contributed by atoms with van der Waals surface area (Å²) in [6.07, 6.45) is -0.0383. The first-order valence-corrected chi connectivity index (χ1v) is 8.25. The van der Waals surface area contributed by atoms with Crippen molar-refractivity contribution in [1.29, 1.82) is 0 Å². The number of hydrogen-bond acceptors (Lipinski definition) is 5. The molecule has 2 aromatic rings. The molecule has 2 unspecified atom stereocenters. The summed E-state index contributed by atoms with van der Waals surface area (Å²) in [5.41, 5.74) is -0.765. The van der Waals surface area contributed by atoms with Crippen LogP contribution in [-0.4, -0.2) is 45.2 Å². The number of carbonyl (C=O) groups is 1. The maximum absolute atomic E-state index is 12.7. The van der Waals surface area contributed by atoms with E-state index in [4.69, 9.17) is 4.74 Å². The third kappa shape index (κ3) is 2.61. The predicted octanol–water partition coefficient (Wildman–Crippen LogP) is 0.548. The van der Waals surface area contributed by atoms with E-state index in [9.17, 15) is 14.4 Å². The second-order valence-corrected chi connectivity index (χ2v) is 7.03. The van der Waals surface area contributed by atoms with E-state index in [0.29, 0.717) is 28.2 Å². The predicted molar refractivity (Wildman–Crippen MR) is 88.2 cm³/mol. The van der Waals surface area contributed by atoms with Crippen molar-refractivity contribution in [3.8, 4) is 0 Å². The van der Waals surface area contributed by atoms with E-state index in [-0.39, 0.29) is 23.7 Å². The number of aryl methyl sites for hydroxylation is 1. The lowest BCUT2D eigenvalue weighted by Gasteiger charge is -2.35. The molecule has 3 rings (SSSR count). The average molecular weight is 337 g/mol. The van der Waals surface area contributed by atoms with E-state index in [2.05, 4.69) is 0 Å². The number of aromatic nitrogens is 2. The number of hydrogen-bond donors (Lipinski definition) is 0. The molecule has 124 valence electrons. The van der Waals surface area contributed by atoms with Crippen molar-refractivity contribution in [3.63, 3.8) is 0 Å². The van der Waals surface area contributed by atoms with Crippen LogP contribution in [0.1, 0.15) is 23.5 Å². The Morgan fingerprint density at radius 1 is 1.17 bits per heavy atom. The molecule has 8 heteroatoms. The monoisotopic (exact) mass is 337 g/mol. The molecule has 2 aromatic heterocycles. The number of rotatable bonds is 1. The molecule has 7 nitrogen and oxygen atoms in total. The summed E-state index contributed by atoms with van der Waals surface area (Å²) >= 11 is 1.18. The normalized spacial score (nSPS) is 21.8. The van der Waals surface area contributed by atoms with E-state index < -0.39 is 5.69 Å². The Bertz CT molecular complexity index is 884. The Labute approximate surface area is 136 Å². The van der Waals surface area contributed by atoms with Gasteiger partial charge in [-0.1, -0.05) is 0 Å². The van der Waals surface area contributed by atoms with Crippen LogP contribution in [0.25, 0.3) is 10.2 Å². The molecule has 0 N–H and O–H groups in total. The molecule has 1 aliphatic heterocycles. The molecule has 2 atom stereocenters. The summed E-state index contributed by atoms with van der Waals surface area (Å²) < 4.78 is 8.11. The number of ether oxygens (including phenoxy) is 1. The number of amides is 1. The lowest BCUT2D eigenvalue weighted by molar-refractivity contribution is -0.0585. The Morgan fingerprint density at radius 3 is 2.39 bits per heavy atom. The van der Waals surface area contributed by atoms with Crippen molar-refractivity contribution < 1.29 is 9.53 Å². The van der Waals surface area contributed by atoms with Gasteiger partial charge in [-0.15, -0.1) is 11.3 Å². The van der Waals surface area contributed by atoms with Crippen LogP contribution in [0.4, 0.5) is 0 Å². The van der Waals surface area contributed by atoms with Crippen molar-refractivity contribution in [2.24, 2.45) is 14.1 Å². The molecule has 0 radical (unpaired) electrons. The van der Waals surface area contributed by atoms with Gasteiger partial charge in [0.05, 0.1) is 22.5 Å². The van der Waals surface area contributed by atoms with Gasteiger partial charge < -0.3 is 9.64 Å². The van der Waals surface area contributed by atoms with Crippen LogP contribution >= 0.6 is 11.3 Å². The van der Waals surface area contributed by atoms with E-state index in [0.717, 1.165) is 4.57 Å². The third-order valence-corrected chi connectivity index (χ3v) is 5.24. The minimum absolute atomic E-state index is 0.0192. The Kier molecular flexibility index (Phi) is 3.89. The van der Waals surface area contributed by atoms with Crippen LogP contribution in [0.3, 0.4) is 0 Å². The van der Waals surface area contributed by atoms with Crippen molar-refractivity contribution in [1.82, 2.24) is 14.0 Å². The number of morpholine rings is 1. The topological polar surface area (TPSA) is 73.5 Å². The zero-order valence-corrected chi connectivity index (χ0v) is 14.3. The minimum Gasteiger partial charge on any atom is -0.372 e. The van der Waals surface area contributed by atoms with Gasteiger partial charge in [0.1, 0.15) is 4.83 Å². The highest BCUT2D eigenvalue weighted by Crippen LogP contribution is 2.24. The summed E-state index contributed by atoms with van der Waals surface area (Å²) in [4.78, 5) is 39.7. The Hall–Kier alpha value is -1.93. The minimum atomic E-state index is -0.392. The van der Waals surface area contributed by atoms with E-state index >= 15 is 0 Å². The van der Waals surface area contributed by atoms with Crippen LogP contribution < -0.4 is 11.2 Å². The van der Waals surface area contributed by atoms with E-state index in [1.165, 1.54) is 23.0 Å². The molecule has 23 heavy (non-hydrogen) atoms. The zero-order valence-electron chi connectivity index (χ0n) is 13.5. The van der Waals surface area contributed by atoms with Gasteiger partial charge >= 0.3 is 5.69 Å². The Morgan fingerprint density at radius 2 is 1.78 bits per heavy atom.